The van der Waals surface area contributed by atoms with Crippen molar-refractivity contribution in [3.63, 3.8) is 0 Å². The number of aromatic nitrogens is 1. The third-order valence-corrected chi connectivity index (χ3v) is 2.87. The van der Waals surface area contributed by atoms with Crippen LogP contribution in [0.15, 0.2) is 29.1 Å². The van der Waals surface area contributed by atoms with Crippen molar-refractivity contribution < 1.29 is 0 Å². The van der Waals surface area contributed by atoms with Gasteiger partial charge in [0, 0.05) is 16.6 Å². The first-order chi connectivity index (χ1) is 7.56. The zero-order valence-electron chi connectivity index (χ0n) is 9.38. The Bertz CT molecular complexity index is 572. The van der Waals surface area contributed by atoms with Gasteiger partial charge in [-0.05, 0) is 41.5 Å². The molecule has 0 unspecified atom stereocenters. The fraction of sp³-hybridized carbons (Fsp3) is 0.308. The van der Waals surface area contributed by atoms with Gasteiger partial charge in [-0.25, -0.2) is 0 Å². The number of halogens is 1. The lowest BCUT2D eigenvalue weighted by Crippen LogP contribution is -2.03. The van der Waals surface area contributed by atoms with Crippen molar-refractivity contribution in [3.05, 3.63) is 45.2 Å². The van der Waals surface area contributed by atoms with Gasteiger partial charge in [0.25, 0.3) is 0 Å². The Morgan fingerprint density at radius 1 is 1.31 bits per heavy atom. The van der Waals surface area contributed by atoms with E-state index < -0.39 is 0 Å². The first kappa shape index (κ1) is 11.2. The van der Waals surface area contributed by atoms with Crippen LogP contribution in [0.2, 0.25) is 5.02 Å². The van der Waals surface area contributed by atoms with E-state index in [2.05, 4.69) is 18.8 Å². The maximum Gasteiger partial charge on any atom is 0.248 e. The molecule has 1 heterocycles. The predicted molar refractivity (Wildman–Crippen MR) is 68.1 cm³/mol. The SMILES string of the molecule is CC(C)Cc1cc2ccc(=O)[nH]c2cc1Cl. The summed E-state index contributed by atoms with van der Waals surface area (Å²) in [6.07, 6.45) is 0.952. The van der Waals surface area contributed by atoms with Gasteiger partial charge in [-0.2, -0.15) is 0 Å². The lowest BCUT2D eigenvalue weighted by molar-refractivity contribution is 0.648. The molecular weight excluding hydrogens is 222 g/mol. The molecule has 1 N–H and O–H groups in total. The average Bonchev–Trinajstić information content (AvgIpc) is 2.19. The van der Waals surface area contributed by atoms with Gasteiger partial charge in [0.2, 0.25) is 5.56 Å². The van der Waals surface area contributed by atoms with Gasteiger partial charge in [-0.15, -0.1) is 0 Å². The molecule has 0 bridgehead atoms. The van der Waals surface area contributed by atoms with E-state index in [0.717, 1.165) is 27.9 Å². The molecule has 2 aromatic rings. The Morgan fingerprint density at radius 2 is 2.06 bits per heavy atom. The number of benzene rings is 1. The first-order valence-corrected chi connectivity index (χ1v) is 5.75. The predicted octanol–water partition coefficient (Wildman–Crippen LogP) is 3.38. The summed E-state index contributed by atoms with van der Waals surface area (Å²) in [5.74, 6) is 0.567. The number of pyridine rings is 1. The van der Waals surface area contributed by atoms with Crippen LogP contribution in [-0.2, 0) is 6.42 Å². The Kier molecular flexibility index (Phi) is 3.01. The van der Waals surface area contributed by atoms with E-state index in [1.807, 2.05) is 18.2 Å². The quantitative estimate of drug-likeness (QED) is 0.851. The molecule has 0 saturated carbocycles. The summed E-state index contributed by atoms with van der Waals surface area (Å²) in [7, 11) is 0. The zero-order valence-corrected chi connectivity index (χ0v) is 10.1. The lowest BCUT2D eigenvalue weighted by Gasteiger charge is -2.08. The number of fused-ring (bicyclic) bond motifs is 1. The number of rotatable bonds is 2. The van der Waals surface area contributed by atoms with Crippen molar-refractivity contribution >= 4 is 22.5 Å². The second-order valence-corrected chi connectivity index (χ2v) is 4.86. The Labute approximate surface area is 99.3 Å². The minimum absolute atomic E-state index is 0.0971. The Balaban J connectivity index is 2.58. The molecule has 0 aliphatic heterocycles. The van der Waals surface area contributed by atoms with E-state index in [1.54, 1.807) is 0 Å². The fourth-order valence-electron chi connectivity index (χ4n) is 1.82. The van der Waals surface area contributed by atoms with Gasteiger partial charge in [0.05, 0.1) is 0 Å². The topological polar surface area (TPSA) is 32.9 Å². The minimum Gasteiger partial charge on any atom is -0.322 e. The molecule has 0 amide bonds. The molecule has 2 rings (SSSR count). The van der Waals surface area contributed by atoms with Crippen LogP contribution < -0.4 is 5.56 Å². The molecule has 2 nitrogen and oxygen atoms in total. The summed E-state index contributed by atoms with van der Waals surface area (Å²) in [5, 5.41) is 1.75. The van der Waals surface area contributed by atoms with Crippen LogP contribution in [-0.4, -0.2) is 4.98 Å². The number of nitrogens with one attached hydrogen (secondary N) is 1. The second-order valence-electron chi connectivity index (χ2n) is 4.45. The summed E-state index contributed by atoms with van der Waals surface area (Å²) in [6.45, 7) is 4.32. The number of aromatic amines is 1. The molecule has 84 valence electrons. The largest absolute Gasteiger partial charge is 0.322 e. The molecule has 1 aromatic heterocycles. The highest BCUT2D eigenvalue weighted by molar-refractivity contribution is 6.32. The third-order valence-electron chi connectivity index (χ3n) is 2.52. The van der Waals surface area contributed by atoms with Crippen LogP contribution in [0.25, 0.3) is 10.9 Å². The molecule has 3 heteroatoms. The van der Waals surface area contributed by atoms with Crippen LogP contribution >= 0.6 is 11.6 Å². The van der Waals surface area contributed by atoms with Crippen molar-refractivity contribution in [2.75, 3.05) is 0 Å². The van der Waals surface area contributed by atoms with E-state index in [9.17, 15) is 4.79 Å². The van der Waals surface area contributed by atoms with Crippen LogP contribution in [0, 0.1) is 5.92 Å². The standard InChI is InChI=1S/C13H14ClNO/c1-8(2)5-10-6-9-3-4-13(16)15-12(9)7-11(10)14/h3-4,6-8H,5H2,1-2H3,(H,15,16). The Hall–Kier alpha value is -1.28. The molecule has 0 saturated heterocycles. The molecule has 0 aliphatic rings. The van der Waals surface area contributed by atoms with E-state index in [4.69, 9.17) is 11.6 Å². The molecule has 1 aromatic carbocycles. The van der Waals surface area contributed by atoms with E-state index in [1.165, 1.54) is 6.07 Å². The third kappa shape index (κ3) is 2.27. The summed E-state index contributed by atoms with van der Waals surface area (Å²) < 4.78 is 0. The fourth-order valence-corrected chi connectivity index (χ4v) is 2.06. The van der Waals surface area contributed by atoms with Crippen molar-refractivity contribution in [2.45, 2.75) is 20.3 Å². The number of H-pyrrole nitrogens is 1. The van der Waals surface area contributed by atoms with E-state index >= 15 is 0 Å². The summed E-state index contributed by atoms with van der Waals surface area (Å²) >= 11 is 6.18. The smallest absolute Gasteiger partial charge is 0.248 e. The molecule has 16 heavy (non-hydrogen) atoms. The van der Waals surface area contributed by atoms with Gasteiger partial charge >= 0.3 is 0 Å². The van der Waals surface area contributed by atoms with Crippen LogP contribution in [0.5, 0.6) is 0 Å². The van der Waals surface area contributed by atoms with Gasteiger partial charge in [-0.1, -0.05) is 25.4 Å². The maximum atomic E-state index is 11.2. The van der Waals surface area contributed by atoms with Gasteiger partial charge < -0.3 is 4.98 Å². The highest BCUT2D eigenvalue weighted by atomic mass is 35.5. The van der Waals surface area contributed by atoms with Crippen LogP contribution in [0.1, 0.15) is 19.4 Å². The minimum atomic E-state index is -0.0971. The van der Waals surface area contributed by atoms with Crippen molar-refractivity contribution in [1.82, 2.24) is 4.98 Å². The summed E-state index contributed by atoms with van der Waals surface area (Å²) in [5.41, 5.74) is 1.83. The summed E-state index contributed by atoms with van der Waals surface area (Å²) in [4.78, 5) is 13.9. The number of hydrogen-bond acceptors (Lipinski definition) is 1. The molecular formula is C13H14ClNO. The molecule has 0 fully saturated rings. The molecule has 0 spiro atoms. The van der Waals surface area contributed by atoms with Gasteiger partial charge in [0.1, 0.15) is 0 Å². The van der Waals surface area contributed by atoms with Gasteiger partial charge in [0.15, 0.2) is 0 Å². The highest BCUT2D eigenvalue weighted by Gasteiger charge is 2.05. The molecule has 0 atom stereocenters. The molecule has 0 aliphatic carbocycles. The second kappa shape index (κ2) is 4.30. The summed E-state index contributed by atoms with van der Waals surface area (Å²) in [6, 6.07) is 7.24. The first-order valence-electron chi connectivity index (χ1n) is 5.37. The van der Waals surface area contributed by atoms with E-state index in [0.29, 0.717) is 5.92 Å². The average molecular weight is 236 g/mol. The van der Waals surface area contributed by atoms with Crippen molar-refractivity contribution in [3.8, 4) is 0 Å². The zero-order chi connectivity index (χ0) is 11.7. The monoisotopic (exact) mass is 235 g/mol. The van der Waals surface area contributed by atoms with Crippen molar-refractivity contribution in [1.29, 1.82) is 0 Å². The number of hydrogen-bond donors (Lipinski definition) is 1. The normalized spacial score (nSPS) is 11.2. The lowest BCUT2D eigenvalue weighted by atomic mass is 10.0. The van der Waals surface area contributed by atoms with Crippen molar-refractivity contribution in [2.24, 2.45) is 5.92 Å². The molecule has 0 radical (unpaired) electrons. The highest BCUT2D eigenvalue weighted by Crippen LogP contribution is 2.24. The maximum absolute atomic E-state index is 11.2. The van der Waals surface area contributed by atoms with Crippen LogP contribution in [0.3, 0.4) is 0 Å². The Morgan fingerprint density at radius 3 is 2.75 bits per heavy atom. The van der Waals surface area contributed by atoms with E-state index in [-0.39, 0.29) is 5.56 Å². The van der Waals surface area contributed by atoms with Crippen LogP contribution in [0.4, 0.5) is 0 Å². The van der Waals surface area contributed by atoms with Gasteiger partial charge in [-0.3, -0.25) is 4.79 Å².